The maximum Gasteiger partial charge on any atom is 0.246 e. The van der Waals surface area contributed by atoms with E-state index >= 15 is 0 Å². The molecular formula is C24H32N2O2. The fraction of sp³-hybridized carbons (Fsp3) is 0.458. The van der Waals surface area contributed by atoms with Crippen LogP contribution in [0.5, 0.6) is 0 Å². The van der Waals surface area contributed by atoms with Crippen molar-refractivity contribution in [3.8, 4) is 11.1 Å². The highest BCUT2D eigenvalue weighted by atomic mass is 16.5. The zero-order valence-electron chi connectivity index (χ0n) is 17.1. The summed E-state index contributed by atoms with van der Waals surface area (Å²) in [7, 11) is 0. The Hall–Kier alpha value is -2.17. The van der Waals surface area contributed by atoms with Crippen molar-refractivity contribution in [1.29, 1.82) is 0 Å². The molecule has 1 unspecified atom stereocenters. The summed E-state index contributed by atoms with van der Waals surface area (Å²) >= 11 is 0. The van der Waals surface area contributed by atoms with Gasteiger partial charge in [-0.25, -0.2) is 0 Å². The van der Waals surface area contributed by atoms with Crippen LogP contribution >= 0.6 is 0 Å². The average molecular weight is 381 g/mol. The topological polar surface area (TPSA) is 41.6 Å². The van der Waals surface area contributed by atoms with Crippen LogP contribution in [0.1, 0.15) is 43.9 Å². The van der Waals surface area contributed by atoms with Crippen molar-refractivity contribution in [2.45, 2.75) is 39.2 Å². The Morgan fingerprint density at radius 3 is 2.18 bits per heavy atom. The molecule has 1 N–H and O–H groups in total. The second-order valence-corrected chi connectivity index (χ2v) is 7.25. The molecule has 2 aliphatic rings. The van der Waals surface area contributed by atoms with E-state index in [2.05, 4.69) is 58.7 Å². The predicted octanol–water partition coefficient (Wildman–Crippen LogP) is 4.21. The molecule has 2 aromatic rings. The van der Waals surface area contributed by atoms with Gasteiger partial charge in [0.2, 0.25) is 5.91 Å². The number of ether oxygens (including phenoxy) is 1. The smallest absolute Gasteiger partial charge is 0.246 e. The number of hydrogen-bond donors (Lipinski definition) is 1. The van der Waals surface area contributed by atoms with Crippen LogP contribution in [0.4, 0.5) is 0 Å². The van der Waals surface area contributed by atoms with Gasteiger partial charge >= 0.3 is 0 Å². The highest BCUT2D eigenvalue weighted by Crippen LogP contribution is 2.24. The van der Waals surface area contributed by atoms with Crippen molar-refractivity contribution in [3.63, 3.8) is 0 Å². The van der Waals surface area contributed by atoms with Crippen LogP contribution in [0, 0.1) is 0 Å². The minimum absolute atomic E-state index is 0.0433. The molecule has 0 spiro atoms. The molecule has 4 heteroatoms. The van der Waals surface area contributed by atoms with Crippen LogP contribution in [0.2, 0.25) is 0 Å². The molecular weight excluding hydrogens is 348 g/mol. The summed E-state index contributed by atoms with van der Waals surface area (Å²) in [5, 5.41) is 2.97. The van der Waals surface area contributed by atoms with E-state index in [-0.39, 0.29) is 18.6 Å². The minimum atomic E-state index is -0.0464. The van der Waals surface area contributed by atoms with Crippen LogP contribution in [-0.4, -0.2) is 43.7 Å². The lowest BCUT2D eigenvalue weighted by molar-refractivity contribution is -0.131. The molecule has 2 fully saturated rings. The van der Waals surface area contributed by atoms with Crippen molar-refractivity contribution in [3.05, 3.63) is 59.7 Å². The van der Waals surface area contributed by atoms with Crippen LogP contribution in [0.3, 0.4) is 0 Å². The monoisotopic (exact) mass is 380 g/mol. The molecule has 2 aromatic carbocycles. The molecule has 0 radical (unpaired) electrons. The van der Waals surface area contributed by atoms with Crippen molar-refractivity contribution in [1.82, 2.24) is 10.2 Å². The molecule has 150 valence electrons. The summed E-state index contributed by atoms with van der Waals surface area (Å²) in [4.78, 5) is 14.0. The van der Waals surface area contributed by atoms with Gasteiger partial charge in [-0.3, -0.25) is 4.79 Å². The van der Waals surface area contributed by atoms with Gasteiger partial charge in [-0.05, 0) is 54.6 Å². The van der Waals surface area contributed by atoms with Crippen molar-refractivity contribution >= 4 is 5.91 Å². The molecule has 28 heavy (non-hydrogen) atoms. The number of benzene rings is 2. The lowest BCUT2D eigenvalue weighted by Crippen LogP contribution is -2.39. The zero-order valence-corrected chi connectivity index (χ0v) is 17.1. The first kappa shape index (κ1) is 20.6. The molecule has 2 saturated heterocycles. The third-order valence-corrected chi connectivity index (χ3v) is 5.37. The molecule has 2 heterocycles. The maximum absolute atomic E-state index is 11.5. The SMILES string of the molecule is CC.O=C1COCC(c2ccc(-c3ccc(CCN4CCCC4)cc3)cc2)N1. The minimum Gasteiger partial charge on any atom is -0.369 e. The van der Waals surface area contributed by atoms with Crippen LogP contribution in [0.15, 0.2) is 48.5 Å². The Balaban J connectivity index is 0.00000109. The number of morpholine rings is 1. The highest BCUT2D eigenvalue weighted by Gasteiger charge is 2.20. The molecule has 0 aliphatic carbocycles. The Bertz CT molecular complexity index is 734. The molecule has 0 aromatic heterocycles. The number of carbonyl (C=O) groups excluding carboxylic acids is 1. The van der Waals surface area contributed by atoms with Gasteiger partial charge in [-0.1, -0.05) is 62.4 Å². The lowest BCUT2D eigenvalue weighted by Gasteiger charge is -2.24. The molecule has 1 atom stereocenters. The van der Waals surface area contributed by atoms with Gasteiger partial charge in [0.1, 0.15) is 6.61 Å². The quantitative estimate of drug-likeness (QED) is 0.845. The first-order valence-corrected chi connectivity index (χ1v) is 10.6. The third kappa shape index (κ3) is 5.43. The van der Waals surface area contributed by atoms with Gasteiger partial charge in [0.15, 0.2) is 0 Å². The number of carbonyl (C=O) groups is 1. The molecule has 1 amide bonds. The molecule has 0 saturated carbocycles. The number of amides is 1. The Morgan fingerprint density at radius 2 is 1.57 bits per heavy atom. The van der Waals surface area contributed by atoms with E-state index in [1.807, 2.05) is 13.8 Å². The number of hydrogen-bond acceptors (Lipinski definition) is 3. The van der Waals surface area contributed by atoms with Gasteiger partial charge in [0.25, 0.3) is 0 Å². The first-order valence-electron chi connectivity index (χ1n) is 10.6. The molecule has 4 nitrogen and oxygen atoms in total. The van der Waals surface area contributed by atoms with Gasteiger partial charge in [-0.15, -0.1) is 0 Å². The Morgan fingerprint density at radius 1 is 0.964 bits per heavy atom. The van der Waals surface area contributed by atoms with Gasteiger partial charge in [0, 0.05) is 6.54 Å². The van der Waals surface area contributed by atoms with Crippen molar-refractivity contribution in [2.24, 2.45) is 0 Å². The summed E-state index contributed by atoms with van der Waals surface area (Å²) in [6, 6.07) is 17.3. The third-order valence-electron chi connectivity index (χ3n) is 5.37. The fourth-order valence-electron chi connectivity index (χ4n) is 3.79. The fourth-order valence-corrected chi connectivity index (χ4v) is 3.79. The van der Waals surface area contributed by atoms with E-state index in [0.717, 1.165) is 12.0 Å². The average Bonchev–Trinajstić information content (AvgIpc) is 3.28. The number of likely N-dealkylation sites (tertiary alicyclic amines) is 1. The van der Waals surface area contributed by atoms with E-state index in [1.165, 1.54) is 49.2 Å². The van der Waals surface area contributed by atoms with Gasteiger partial charge in [-0.2, -0.15) is 0 Å². The normalized spacial score (nSPS) is 19.6. The van der Waals surface area contributed by atoms with E-state index < -0.39 is 0 Å². The number of nitrogens with one attached hydrogen (secondary N) is 1. The van der Waals surface area contributed by atoms with E-state index in [0.29, 0.717) is 6.61 Å². The maximum atomic E-state index is 11.5. The number of nitrogens with zero attached hydrogens (tertiary/aromatic N) is 1. The van der Waals surface area contributed by atoms with Gasteiger partial charge < -0.3 is 15.0 Å². The van der Waals surface area contributed by atoms with Crippen molar-refractivity contribution < 1.29 is 9.53 Å². The lowest BCUT2D eigenvalue weighted by atomic mass is 9.99. The zero-order chi connectivity index (χ0) is 19.8. The standard InChI is InChI=1S/C22H26N2O2.C2H6/c25-22-16-26-15-21(23-22)20-9-7-19(8-10-20)18-5-3-17(4-6-18)11-14-24-12-1-2-13-24;1-2/h3-10,21H,1-2,11-16H2,(H,23,25);1-2H3. The number of rotatable bonds is 5. The summed E-state index contributed by atoms with van der Waals surface area (Å²) in [6.07, 6.45) is 3.83. The molecule has 0 bridgehead atoms. The second kappa shape index (κ2) is 10.4. The largest absolute Gasteiger partial charge is 0.369 e. The summed E-state index contributed by atoms with van der Waals surface area (Å²) in [5.41, 5.74) is 4.91. The Labute approximate surface area is 168 Å². The summed E-state index contributed by atoms with van der Waals surface area (Å²) < 4.78 is 5.32. The van der Waals surface area contributed by atoms with Crippen LogP contribution in [0.25, 0.3) is 11.1 Å². The molecule has 4 rings (SSSR count). The van der Waals surface area contributed by atoms with Crippen LogP contribution in [-0.2, 0) is 16.0 Å². The Kier molecular flexibility index (Phi) is 7.63. The highest BCUT2D eigenvalue weighted by molar-refractivity contribution is 5.78. The van der Waals surface area contributed by atoms with E-state index in [4.69, 9.17) is 4.74 Å². The second-order valence-electron chi connectivity index (χ2n) is 7.25. The first-order chi connectivity index (χ1) is 13.8. The van der Waals surface area contributed by atoms with Gasteiger partial charge in [0.05, 0.1) is 12.6 Å². The van der Waals surface area contributed by atoms with E-state index in [9.17, 15) is 4.79 Å². The van der Waals surface area contributed by atoms with Crippen molar-refractivity contribution in [2.75, 3.05) is 32.8 Å². The summed E-state index contributed by atoms with van der Waals surface area (Å²) in [5.74, 6) is -0.0464. The van der Waals surface area contributed by atoms with E-state index in [1.54, 1.807) is 0 Å². The van der Waals surface area contributed by atoms with Crippen LogP contribution < -0.4 is 5.32 Å². The summed E-state index contributed by atoms with van der Waals surface area (Å²) in [6.45, 7) is 8.40. The predicted molar refractivity (Wildman–Crippen MR) is 114 cm³/mol. The molecule has 2 aliphatic heterocycles.